The lowest BCUT2D eigenvalue weighted by molar-refractivity contribution is -0.107. The molecule has 4 N–H and O–H groups in total. The zero-order chi connectivity index (χ0) is 11.1. The lowest BCUT2D eigenvalue weighted by atomic mass is 9.90. The molecule has 0 aromatic carbocycles. The van der Waals surface area contributed by atoms with Gasteiger partial charge in [-0.05, 0) is 27.7 Å². The van der Waals surface area contributed by atoms with Crippen molar-refractivity contribution in [3.05, 3.63) is 0 Å². The van der Waals surface area contributed by atoms with Crippen LogP contribution in [-0.4, -0.2) is 46.8 Å². The highest BCUT2D eigenvalue weighted by atomic mass is 16.5. The van der Waals surface area contributed by atoms with Crippen LogP contribution in [-0.2, 0) is 4.57 Å². The minimum atomic E-state index is -1.01. The topological polar surface area (TPSA) is 90.2 Å². The molecule has 0 bridgehead atoms. The molecule has 0 aliphatic heterocycles. The molecule has 0 aromatic heterocycles. The first-order valence-corrected chi connectivity index (χ1v) is 3.69. The molecule has 0 aromatic rings. The van der Waals surface area contributed by atoms with Crippen LogP contribution in [0.5, 0.6) is 0 Å². The Bertz CT molecular complexity index is 103. The average Bonchev–Trinajstić information content (AvgIpc) is 1.85. The normalized spacial score (nSPS) is 11.4. The van der Waals surface area contributed by atoms with E-state index in [0.29, 0.717) is 15.4 Å². The second-order valence-electron chi connectivity index (χ2n) is 3.46. The van der Waals surface area contributed by atoms with E-state index in [2.05, 4.69) is 4.57 Å². The maximum absolute atomic E-state index is 9.10. The van der Waals surface area contributed by atoms with Gasteiger partial charge in [0.25, 0.3) is 0 Å². The first-order chi connectivity index (χ1) is 5.66. The molecule has 5 nitrogen and oxygen atoms in total. The Morgan fingerprint density at radius 2 is 1.08 bits per heavy atom. The lowest BCUT2D eigenvalue weighted by Crippen LogP contribution is -2.44. The van der Waals surface area contributed by atoms with Gasteiger partial charge in [0.1, 0.15) is 0 Å². The van der Waals surface area contributed by atoms with E-state index in [9.17, 15) is 0 Å². The summed E-state index contributed by atoms with van der Waals surface area (Å²) in [7, 11) is 0.750. The summed E-state index contributed by atoms with van der Waals surface area (Å²) in [5, 5.41) is 33.3. The van der Waals surface area contributed by atoms with Crippen molar-refractivity contribution in [2.24, 2.45) is 0 Å². The molecule has 0 heterocycles. The van der Waals surface area contributed by atoms with Crippen LogP contribution in [0.15, 0.2) is 0 Å². The molecule has 0 rings (SSSR count). The Labute approximate surface area is 80.0 Å². The van der Waals surface area contributed by atoms with E-state index in [1.54, 1.807) is 27.7 Å². The second kappa shape index (κ2) is 6.39. The predicted octanol–water partition coefficient (Wildman–Crippen LogP) is -1.42. The fraction of sp³-hybridized carbons (Fsp3) is 1.00. The summed E-state index contributed by atoms with van der Waals surface area (Å²) in [5.41, 5.74) is -2.01. The summed E-state index contributed by atoms with van der Waals surface area (Å²) in [6, 6.07) is 0. The van der Waals surface area contributed by atoms with Crippen LogP contribution >= 0.6 is 0 Å². The van der Waals surface area contributed by atoms with Crippen molar-refractivity contribution >= 4 is 15.4 Å². The van der Waals surface area contributed by atoms with Crippen LogP contribution in [0.25, 0.3) is 0 Å². The van der Waals surface area contributed by atoms with Gasteiger partial charge in [-0.1, -0.05) is 0 Å². The monoisotopic (exact) mass is 190 g/mol. The van der Waals surface area contributed by atoms with Gasteiger partial charge < -0.3 is 24.8 Å². The first-order valence-electron chi connectivity index (χ1n) is 3.69. The van der Waals surface area contributed by atoms with Crippen LogP contribution in [0.1, 0.15) is 27.7 Å². The van der Waals surface area contributed by atoms with Crippen LogP contribution in [0.2, 0.25) is 0 Å². The quantitative estimate of drug-likeness (QED) is 0.410. The molecule has 76 valence electrons. The minimum Gasteiger partial charge on any atom is -0.456 e. The van der Waals surface area contributed by atoms with Crippen molar-refractivity contribution in [1.29, 1.82) is 0 Å². The molecule has 0 amide bonds. The van der Waals surface area contributed by atoms with E-state index >= 15 is 0 Å². The zero-order valence-corrected chi connectivity index (χ0v) is 8.35. The number of hydrogen-bond donors (Lipinski definition) is 4. The van der Waals surface area contributed by atoms with Gasteiger partial charge in [0.05, 0.1) is 11.2 Å². The molecular weight excluding hydrogens is 174 g/mol. The fourth-order valence-corrected chi connectivity index (χ4v) is 0.0272. The van der Waals surface area contributed by atoms with E-state index < -0.39 is 11.2 Å². The van der Waals surface area contributed by atoms with Crippen LogP contribution < -0.4 is 0 Å². The molecule has 2 radical (unpaired) electrons. The van der Waals surface area contributed by atoms with E-state index in [4.69, 9.17) is 20.3 Å². The largest absolute Gasteiger partial charge is 0.469 e. The Hall–Kier alpha value is -0.0701. The fourth-order valence-electron chi connectivity index (χ4n) is 0.0272. The summed E-state index contributed by atoms with van der Waals surface area (Å²) in [4.78, 5) is 0. The van der Waals surface area contributed by atoms with Gasteiger partial charge in [0, 0.05) is 0 Å². The van der Waals surface area contributed by atoms with E-state index in [0.717, 1.165) is 0 Å². The van der Waals surface area contributed by atoms with Gasteiger partial charge in [-0.3, -0.25) is 0 Å². The molecule has 0 aliphatic rings. The molecule has 13 heavy (non-hydrogen) atoms. The smallest absolute Gasteiger partial charge is 0.456 e. The molecule has 7 heteroatoms. The van der Waals surface area contributed by atoms with Crippen molar-refractivity contribution in [1.82, 2.24) is 0 Å². The van der Waals surface area contributed by atoms with Crippen LogP contribution in [0.4, 0.5) is 0 Å². The third-order valence-corrected chi connectivity index (χ3v) is 1.62. The highest BCUT2D eigenvalue weighted by Gasteiger charge is 2.31. The maximum atomic E-state index is 9.10. The highest BCUT2D eigenvalue weighted by Crippen LogP contribution is 2.19. The predicted molar refractivity (Wildman–Crippen MR) is 49.6 cm³/mol. The van der Waals surface area contributed by atoms with Crippen molar-refractivity contribution < 1.29 is 24.8 Å². The first kappa shape index (κ1) is 15.4. The molecule has 0 aliphatic carbocycles. The molecule has 0 atom stereocenters. The molecule has 0 saturated carbocycles. The minimum absolute atomic E-state index is 0.375. The van der Waals surface area contributed by atoms with E-state index in [1.807, 2.05) is 0 Å². The Kier molecular flexibility index (Phi) is 7.58. The number of rotatable bonds is 3. The average molecular weight is 190 g/mol. The van der Waals surface area contributed by atoms with Gasteiger partial charge >= 0.3 is 15.4 Å². The summed E-state index contributed by atoms with van der Waals surface area (Å²) in [6.07, 6.45) is 0. The third kappa shape index (κ3) is 9.85. The third-order valence-electron chi connectivity index (χ3n) is 1.62. The van der Waals surface area contributed by atoms with Crippen molar-refractivity contribution in [2.45, 2.75) is 38.9 Å². The molecule has 0 saturated heterocycles. The van der Waals surface area contributed by atoms with Crippen molar-refractivity contribution in [3.8, 4) is 0 Å². The highest BCUT2D eigenvalue weighted by molar-refractivity contribution is 6.32. The molecule has 0 unspecified atom stereocenters. The maximum Gasteiger partial charge on any atom is 0.469 e. The number of hydrogen-bond acceptors (Lipinski definition) is 5. The van der Waals surface area contributed by atoms with Crippen molar-refractivity contribution in [2.75, 3.05) is 0 Å². The molecule has 0 spiro atoms. The Balaban J connectivity index is 0. The molecular formula is C6H16B2O5. The van der Waals surface area contributed by atoms with Gasteiger partial charge in [-0.25, -0.2) is 0 Å². The summed E-state index contributed by atoms with van der Waals surface area (Å²) >= 11 is 0. The lowest BCUT2D eigenvalue weighted by Gasteiger charge is -2.31. The Morgan fingerprint density at radius 1 is 0.846 bits per heavy atom. The summed E-state index contributed by atoms with van der Waals surface area (Å²) in [5.74, 6) is 0. The van der Waals surface area contributed by atoms with Crippen LogP contribution in [0, 0.1) is 0 Å². The second-order valence-corrected chi connectivity index (χ2v) is 3.46. The van der Waals surface area contributed by atoms with Gasteiger partial charge in [-0.15, -0.1) is 0 Å². The van der Waals surface area contributed by atoms with Crippen molar-refractivity contribution in [3.63, 3.8) is 0 Å². The number of aliphatic hydroxyl groups is 2. The van der Waals surface area contributed by atoms with E-state index in [1.165, 1.54) is 0 Å². The Morgan fingerprint density at radius 3 is 1.08 bits per heavy atom. The summed E-state index contributed by atoms with van der Waals surface area (Å²) < 4.78 is 3.69. The van der Waals surface area contributed by atoms with Crippen LogP contribution in [0.3, 0.4) is 0 Å². The standard InChI is InChI=1S/C6H14O2.B2H2O3/c1-5(2,7)6(3,4)8;3-1-5-2-4/h7-8H,1-4H3;3-4H. The zero-order valence-electron chi connectivity index (χ0n) is 8.35. The van der Waals surface area contributed by atoms with Gasteiger partial charge in [0.2, 0.25) is 0 Å². The molecule has 0 fully saturated rings. The van der Waals surface area contributed by atoms with E-state index in [-0.39, 0.29) is 0 Å². The SMILES string of the molecule is CC(C)(O)C(C)(C)O.O[B]O[B]O. The van der Waals surface area contributed by atoms with Gasteiger partial charge in [0.15, 0.2) is 0 Å². The summed E-state index contributed by atoms with van der Waals surface area (Å²) in [6.45, 7) is 6.31. The van der Waals surface area contributed by atoms with Gasteiger partial charge in [-0.2, -0.15) is 0 Å².